The number of halogens is 1. The molecule has 0 aliphatic rings. The van der Waals surface area contributed by atoms with Crippen LogP contribution in [0.25, 0.3) is 0 Å². The standard InChI is InChI=1S/C21H24ClNO6/c1-13(2)14-5-7-15(8-6-14)28-12-21(25)29-11-20(24)23-17-9-16(22)18(26-3)10-19(17)27-4/h5-10,13H,11-12H2,1-4H3,(H,23,24). The number of methoxy groups -OCH3 is 2. The van der Waals surface area contributed by atoms with Gasteiger partial charge in [-0.25, -0.2) is 4.79 Å². The van der Waals surface area contributed by atoms with E-state index in [4.69, 9.17) is 30.5 Å². The van der Waals surface area contributed by atoms with Gasteiger partial charge < -0.3 is 24.3 Å². The number of hydrogen-bond acceptors (Lipinski definition) is 6. The first-order valence-corrected chi connectivity index (χ1v) is 9.31. The highest BCUT2D eigenvalue weighted by Crippen LogP contribution is 2.35. The Kier molecular flexibility index (Phi) is 8.15. The van der Waals surface area contributed by atoms with Crippen LogP contribution in [0.1, 0.15) is 25.3 Å². The summed E-state index contributed by atoms with van der Waals surface area (Å²) in [5.74, 6) is 0.526. The lowest BCUT2D eigenvalue weighted by Crippen LogP contribution is -2.23. The summed E-state index contributed by atoms with van der Waals surface area (Å²) in [6.07, 6.45) is 0. The summed E-state index contributed by atoms with van der Waals surface area (Å²) in [7, 11) is 2.92. The minimum absolute atomic E-state index is 0.300. The Labute approximate surface area is 174 Å². The molecule has 8 heteroatoms. The Balaban J connectivity index is 1.83. The van der Waals surface area contributed by atoms with Crippen molar-refractivity contribution in [3.05, 3.63) is 47.0 Å². The lowest BCUT2D eigenvalue weighted by Gasteiger charge is -2.13. The minimum atomic E-state index is -0.659. The number of carbonyl (C=O) groups excluding carboxylic acids is 2. The molecule has 0 unspecified atom stereocenters. The van der Waals surface area contributed by atoms with Crippen molar-refractivity contribution in [2.24, 2.45) is 0 Å². The summed E-state index contributed by atoms with van der Waals surface area (Å²) in [5.41, 5.74) is 1.51. The van der Waals surface area contributed by atoms with E-state index < -0.39 is 18.5 Å². The van der Waals surface area contributed by atoms with Gasteiger partial charge in [0.1, 0.15) is 17.2 Å². The summed E-state index contributed by atoms with van der Waals surface area (Å²) >= 11 is 6.06. The van der Waals surface area contributed by atoms with E-state index in [2.05, 4.69) is 19.2 Å². The zero-order valence-electron chi connectivity index (χ0n) is 16.8. The van der Waals surface area contributed by atoms with Crippen molar-refractivity contribution >= 4 is 29.2 Å². The van der Waals surface area contributed by atoms with E-state index in [1.807, 2.05) is 12.1 Å². The highest BCUT2D eigenvalue weighted by atomic mass is 35.5. The van der Waals surface area contributed by atoms with E-state index in [1.165, 1.54) is 25.8 Å². The third-order valence-electron chi connectivity index (χ3n) is 4.02. The van der Waals surface area contributed by atoms with Crippen LogP contribution in [-0.4, -0.2) is 39.3 Å². The van der Waals surface area contributed by atoms with E-state index in [9.17, 15) is 9.59 Å². The van der Waals surface area contributed by atoms with E-state index in [1.54, 1.807) is 18.2 Å². The van der Waals surface area contributed by atoms with Crippen molar-refractivity contribution < 1.29 is 28.5 Å². The Morgan fingerprint density at radius 2 is 1.66 bits per heavy atom. The monoisotopic (exact) mass is 421 g/mol. The van der Waals surface area contributed by atoms with Gasteiger partial charge >= 0.3 is 5.97 Å². The molecule has 0 aliphatic heterocycles. The van der Waals surface area contributed by atoms with Crippen LogP contribution in [0.3, 0.4) is 0 Å². The molecule has 2 aromatic rings. The van der Waals surface area contributed by atoms with Gasteiger partial charge in [0.25, 0.3) is 5.91 Å². The summed E-state index contributed by atoms with van der Waals surface area (Å²) in [5, 5.41) is 2.88. The lowest BCUT2D eigenvalue weighted by molar-refractivity contribution is -0.149. The number of anilines is 1. The summed E-state index contributed by atoms with van der Waals surface area (Å²) in [6.45, 7) is 3.41. The third-order valence-corrected chi connectivity index (χ3v) is 4.31. The van der Waals surface area contributed by atoms with Crippen molar-refractivity contribution in [2.75, 3.05) is 32.8 Å². The highest BCUT2D eigenvalue weighted by Gasteiger charge is 2.14. The van der Waals surface area contributed by atoms with Crippen LogP contribution in [0.2, 0.25) is 5.02 Å². The van der Waals surface area contributed by atoms with Gasteiger partial charge in [-0.05, 0) is 29.7 Å². The summed E-state index contributed by atoms with van der Waals surface area (Å²) in [6, 6.07) is 10.5. The van der Waals surface area contributed by atoms with Gasteiger partial charge in [-0.3, -0.25) is 4.79 Å². The Bertz CT molecular complexity index is 851. The van der Waals surface area contributed by atoms with Crippen molar-refractivity contribution in [2.45, 2.75) is 19.8 Å². The SMILES string of the molecule is COc1cc(OC)c(NC(=O)COC(=O)COc2ccc(C(C)C)cc2)cc1Cl. The van der Waals surface area contributed by atoms with Crippen LogP contribution in [-0.2, 0) is 14.3 Å². The molecule has 29 heavy (non-hydrogen) atoms. The fraction of sp³-hybridized carbons (Fsp3) is 0.333. The van der Waals surface area contributed by atoms with Gasteiger partial charge in [0, 0.05) is 6.07 Å². The topological polar surface area (TPSA) is 83.1 Å². The predicted octanol–water partition coefficient (Wildman–Crippen LogP) is 4.04. The molecule has 0 aromatic heterocycles. The Morgan fingerprint density at radius 1 is 1.00 bits per heavy atom. The number of hydrogen-bond donors (Lipinski definition) is 1. The second-order valence-electron chi connectivity index (χ2n) is 6.41. The molecular weight excluding hydrogens is 398 g/mol. The summed E-state index contributed by atoms with van der Waals surface area (Å²) in [4.78, 5) is 23.9. The predicted molar refractivity (Wildman–Crippen MR) is 110 cm³/mol. The second-order valence-corrected chi connectivity index (χ2v) is 6.82. The zero-order valence-corrected chi connectivity index (χ0v) is 17.5. The molecule has 156 valence electrons. The molecule has 2 aromatic carbocycles. The molecule has 0 saturated heterocycles. The number of benzene rings is 2. The first-order chi connectivity index (χ1) is 13.8. The molecule has 0 aliphatic carbocycles. The molecule has 0 fully saturated rings. The minimum Gasteiger partial charge on any atom is -0.495 e. The van der Waals surface area contributed by atoms with Crippen LogP contribution < -0.4 is 19.5 Å². The summed E-state index contributed by atoms with van der Waals surface area (Å²) < 4.78 is 20.6. The van der Waals surface area contributed by atoms with E-state index in [0.29, 0.717) is 33.9 Å². The number of rotatable bonds is 9. The number of amides is 1. The van der Waals surface area contributed by atoms with Crippen molar-refractivity contribution in [3.63, 3.8) is 0 Å². The van der Waals surface area contributed by atoms with Gasteiger partial charge in [0.15, 0.2) is 13.2 Å². The lowest BCUT2D eigenvalue weighted by atomic mass is 10.0. The maximum Gasteiger partial charge on any atom is 0.344 e. The average Bonchev–Trinajstić information content (AvgIpc) is 2.71. The molecule has 0 saturated carbocycles. The van der Waals surface area contributed by atoms with Crippen molar-refractivity contribution in [1.29, 1.82) is 0 Å². The van der Waals surface area contributed by atoms with Gasteiger partial charge in [0.2, 0.25) is 0 Å². The Hall–Kier alpha value is -2.93. The largest absolute Gasteiger partial charge is 0.495 e. The van der Waals surface area contributed by atoms with Crippen molar-refractivity contribution in [1.82, 2.24) is 0 Å². The highest BCUT2D eigenvalue weighted by molar-refractivity contribution is 6.32. The molecule has 7 nitrogen and oxygen atoms in total. The second kappa shape index (κ2) is 10.6. The molecule has 0 heterocycles. The molecule has 0 spiro atoms. The van der Waals surface area contributed by atoms with E-state index in [0.717, 1.165) is 0 Å². The van der Waals surface area contributed by atoms with Crippen LogP contribution in [0.5, 0.6) is 17.2 Å². The fourth-order valence-corrected chi connectivity index (χ4v) is 2.66. The molecule has 0 radical (unpaired) electrons. The fourth-order valence-electron chi connectivity index (χ4n) is 2.42. The normalized spacial score (nSPS) is 10.4. The van der Waals surface area contributed by atoms with Gasteiger partial charge in [0.05, 0.1) is 24.9 Å². The molecule has 0 atom stereocenters. The molecule has 1 N–H and O–H groups in total. The first-order valence-electron chi connectivity index (χ1n) is 8.93. The molecular formula is C21H24ClNO6. The number of carbonyl (C=O) groups is 2. The van der Waals surface area contributed by atoms with Crippen LogP contribution >= 0.6 is 11.6 Å². The van der Waals surface area contributed by atoms with Crippen LogP contribution in [0.15, 0.2) is 36.4 Å². The van der Waals surface area contributed by atoms with Gasteiger partial charge in [-0.1, -0.05) is 37.6 Å². The zero-order chi connectivity index (χ0) is 21.4. The van der Waals surface area contributed by atoms with Crippen molar-refractivity contribution in [3.8, 4) is 17.2 Å². The smallest absolute Gasteiger partial charge is 0.344 e. The molecule has 1 amide bonds. The average molecular weight is 422 g/mol. The number of nitrogens with one attached hydrogen (secondary N) is 1. The number of ether oxygens (including phenoxy) is 4. The Morgan fingerprint density at radius 3 is 2.24 bits per heavy atom. The number of esters is 1. The van der Waals surface area contributed by atoms with E-state index in [-0.39, 0.29) is 6.61 Å². The quantitative estimate of drug-likeness (QED) is 0.615. The third kappa shape index (κ3) is 6.57. The van der Waals surface area contributed by atoms with Crippen LogP contribution in [0, 0.1) is 0 Å². The molecule has 0 bridgehead atoms. The van der Waals surface area contributed by atoms with E-state index >= 15 is 0 Å². The van der Waals surface area contributed by atoms with Gasteiger partial charge in [-0.2, -0.15) is 0 Å². The maximum absolute atomic E-state index is 12.1. The van der Waals surface area contributed by atoms with Gasteiger partial charge in [-0.15, -0.1) is 0 Å². The van der Waals surface area contributed by atoms with Crippen LogP contribution in [0.4, 0.5) is 5.69 Å². The molecule has 2 rings (SSSR count). The maximum atomic E-state index is 12.1. The first kappa shape index (κ1) is 22.4.